The predicted octanol–water partition coefficient (Wildman–Crippen LogP) is 4.16. The van der Waals surface area contributed by atoms with Crippen molar-refractivity contribution in [2.45, 2.75) is 32.6 Å². The number of carbonyl (C=O) groups excluding carboxylic acids is 1. The van der Waals surface area contributed by atoms with Gasteiger partial charge in [0.15, 0.2) is 0 Å². The SMILES string of the molecule is CCC(=O)CCCc1nc2cc(N(CCCl)CCCl)ccc2n1C. The number of aromatic nitrogens is 2. The van der Waals surface area contributed by atoms with Gasteiger partial charge < -0.3 is 9.47 Å². The van der Waals surface area contributed by atoms with Gasteiger partial charge in [-0.2, -0.15) is 0 Å². The minimum Gasteiger partial charge on any atom is -0.369 e. The van der Waals surface area contributed by atoms with Gasteiger partial charge in [-0.25, -0.2) is 4.98 Å². The van der Waals surface area contributed by atoms with Crippen LogP contribution in [0.15, 0.2) is 18.2 Å². The zero-order valence-electron chi connectivity index (χ0n) is 14.4. The molecule has 2 aromatic rings. The van der Waals surface area contributed by atoms with Gasteiger partial charge in [-0.15, -0.1) is 23.2 Å². The minimum absolute atomic E-state index is 0.314. The molecule has 0 unspecified atom stereocenters. The Bertz CT molecular complexity index is 678. The van der Waals surface area contributed by atoms with Gasteiger partial charge in [0.05, 0.1) is 11.0 Å². The standard InChI is InChI=1S/C18H25Cl2N3O/c1-3-15(24)5-4-6-18-21-16-13-14(7-8-17(16)22(18)2)23(11-9-19)12-10-20/h7-8,13H,3-6,9-12H2,1-2H3. The van der Waals surface area contributed by atoms with E-state index in [9.17, 15) is 4.79 Å². The molecule has 1 aromatic carbocycles. The number of benzene rings is 1. The lowest BCUT2D eigenvalue weighted by molar-refractivity contribution is -0.118. The highest BCUT2D eigenvalue weighted by Gasteiger charge is 2.12. The smallest absolute Gasteiger partial charge is 0.132 e. The lowest BCUT2D eigenvalue weighted by atomic mass is 10.1. The Morgan fingerprint density at radius 3 is 2.58 bits per heavy atom. The monoisotopic (exact) mass is 369 g/mol. The number of aryl methyl sites for hydroxylation is 2. The number of nitrogens with zero attached hydrogens (tertiary/aromatic N) is 3. The molecule has 0 radical (unpaired) electrons. The van der Waals surface area contributed by atoms with Crippen molar-refractivity contribution in [3.8, 4) is 0 Å². The molecule has 0 atom stereocenters. The van der Waals surface area contributed by atoms with Crippen LogP contribution < -0.4 is 4.90 Å². The fourth-order valence-electron chi connectivity index (χ4n) is 2.85. The largest absolute Gasteiger partial charge is 0.369 e. The van der Waals surface area contributed by atoms with E-state index in [0.717, 1.165) is 48.5 Å². The summed E-state index contributed by atoms with van der Waals surface area (Å²) in [5.41, 5.74) is 3.17. The Morgan fingerprint density at radius 1 is 1.25 bits per heavy atom. The predicted molar refractivity (Wildman–Crippen MR) is 103 cm³/mol. The van der Waals surface area contributed by atoms with Gasteiger partial charge in [-0.1, -0.05) is 6.92 Å². The van der Waals surface area contributed by atoms with Crippen molar-refractivity contribution in [2.24, 2.45) is 7.05 Å². The highest BCUT2D eigenvalue weighted by atomic mass is 35.5. The molecule has 4 nitrogen and oxygen atoms in total. The number of hydrogen-bond acceptors (Lipinski definition) is 3. The third-order valence-corrected chi connectivity index (χ3v) is 4.62. The van der Waals surface area contributed by atoms with E-state index >= 15 is 0 Å². The average Bonchev–Trinajstić information content (AvgIpc) is 2.90. The number of carbonyl (C=O) groups is 1. The molecule has 0 N–H and O–H groups in total. The highest BCUT2D eigenvalue weighted by molar-refractivity contribution is 6.18. The fraction of sp³-hybridized carbons (Fsp3) is 0.556. The molecular weight excluding hydrogens is 345 g/mol. The maximum atomic E-state index is 11.4. The zero-order chi connectivity index (χ0) is 17.5. The van der Waals surface area contributed by atoms with Crippen molar-refractivity contribution < 1.29 is 4.79 Å². The first kappa shape index (κ1) is 19.1. The number of ketones is 1. The molecule has 2 rings (SSSR count). The number of alkyl halides is 2. The molecule has 0 bridgehead atoms. The van der Waals surface area contributed by atoms with Crippen molar-refractivity contribution in [3.05, 3.63) is 24.0 Å². The second-order valence-electron chi connectivity index (χ2n) is 5.87. The quantitative estimate of drug-likeness (QED) is 0.590. The van der Waals surface area contributed by atoms with Gasteiger partial charge >= 0.3 is 0 Å². The molecule has 6 heteroatoms. The van der Waals surface area contributed by atoms with E-state index in [0.29, 0.717) is 30.4 Å². The van der Waals surface area contributed by atoms with E-state index in [4.69, 9.17) is 28.2 Å². The molecule has 0 aliphatic carbocycles. The Hall–Kier alpha value is -1.26. The topological polar surface area (TPSA) is 38.1 Å². The summed E-state index contributed by atoms with van der Waals surface area (Å²) in [6.07, 6.45) is 2.91. The summed E-state index contributed by atoms with van der Waals surface area (Å²) in [5, 5.41) is 0. The van der Waals surface area contributed by atoms with Crippen LogP contribution in [0, 0.1) is 0 Å². The van der Waals surface area contributed by atoms with Crippen molar-refractivity contribution in [2.75, 3.05) is 29.7 Å². The van der Waals surface area contributed by atoms with Crippen LogP contribution in [0.25, 0.3) is 11.0 Å². The number of anilines is 1. The van der Waals surface area contributed by atoms with Crippen LogP contribution in [0.5, 0.6) is 0 Å². The van der Waals surface area contributed by atoms with Crippen molar-refractivity contribution in [1.29, 1.82) is 0 Å². The van der Waals surface area contributed by atoms with E-state index in [1.54, 1.807) is 0 Å². The molecule has 0 saturated heterocycles. The Balaban J connectivity index is 2.18. The van der Waals surface area contributed by atoms with Gasteiger partial charge in [0, 0.05) is 56.8 Å². The molecule has 0 fully saturated rings. The van der Waals surface area contributed by atoms with Crippen LogP contribution in [0.1, 0.15) is 32.0 Å². The van der Waals surface area contributed by atoms with Gasteiger partial charge in [0.1, 0.15) is 11.6 Å². The van der Waals surface area contributed by atoms with E-state index < -0.39 is 0 Å². The number of hydrogen-bond donors (Lipinski definition) is 0. The van der Waals surface area contributed by atoms with Crippen molar-refractivity contribution >= 4 is 45.7 Å². The Kier molecular flexibility index (Phi) is 7.38. The van der Waals surface area contributed by atoms with E-state index in [1.807, 2.05) is 14.0 Å². The second-order valence-corrected chi connectivity index (χ2v) is 6.63. The van der Waals surface area contributed by atoms with Crippen molar-refractivity contribution in [3.63, 3.8) is 0 Å². The maximum Gasteiger partial charge on any atom is 0.132 e. The van der Waals surface area contributed by atoms with Crippen LogP contribution >= 0.6 is 23.2 Å². The molecule has 0 amide bonds. The summed E-state index contributed by atoms with van der Waals surface area (Å²) < 4.78 is 2.11. The fourth-order valence-corrected chi connectivity index (χ4v) is 3.26. The number of fused-ring (bicyclic) bond motifs is 1. The van der Waals surface area contributed by atoms with E-state index in [-0.39, 0.29) is 0 Å². The van der Waals surface area contributed by atoms with E-state index in [2.05, 4.69) is 27.7 Å². The van der Waals surface area contributed by atoms with Crippen LogP contribution in [-0.4, -0.2) is 40.2 Å². The van der Waals surface area contributed by atoms with Gasteiger partial charge in [0.25, 0.3) is 0 Å². The molecule has 0 aliphatic heterocycles. The molecule has 0 saturated carbocycles. The van der Waals surface area contributed by atoms with Gasteiger partial charge in [0.2, 0.25) is 0 Å². The average molecular weight is 370 g/mol. The molecule has 24 heavy (non-hydrogen) atoms. The third kappa shape index (κ3) is 4.64. The van der Waals surface area contributed by atoms with Crippen LogP contribution in [0.3, 0.4) is 0 Å². The zero-order valence-corrected chi connectivity index (χ0v) is 15.9. The summed E-state index contributed by atoms with van der Waals surface area (Å²) in [6, 6.07) is 6.27. The first-order chi connectivity index (χ1) is 11.6. The van der Waals surface area contributed by atoms with Crippen molar-refractivity contribution in [1.82, 2.24) is 9.55 Å². The third-order valence-electron chi connectivity index (χ3n) is 4.28. The number of imidazole rings is 1. The maximum absolute atomic E-state index is 11.4. The molecular formula is C18H25Cl2N3O. The normalized spacial score (nSPS) is 11.2. The lowest BCUT2D eigenvalue weighted by Crippen LogP contribution is -2.27. The summed E-state index contributed by atoms with van der Waals surface area (Å²) in [6.45, 7) is 3.43. The summed E-state index contributed by atoms with van der Waals surface area (Å²) in [4.78, 5) is 18.4. The van der Waals surface area contributed by atoms with Crippen LogP contribution in [-0.2, 0) is 18.3 Å². The molecule has 0 aliphatic rings. The number of halogens is 2. The summed E-state index contributed by atoms with van der Waals surface area (Å²) >= 11 is 11.8. The van der Waals surface area contributed by atoms with E-state index in [1.165, 1.54) is 0 Å². The van der Waals surface area contributed by atoms with Gasteiger partial charge in [-0.05, 0) is 24.6 Å². The highest BCUT2D eigenvalue weighted by Crippen LogP contribution is 2.23. The molecule has 132 valence electrons. The molecule has 1 aromatic heterocycles. The second kappa shape index (κ2) is 9.28. The van der Waals surface area contributed by atoms with Crippen LogP contribution in [0.2, 0.25) is 0 Å². The number of rotatable bonds is 10. The molecule has 1 heterocycles. The van der Waals surface area contributed by atoms with Crippen LogP contribution in [0.4, 0.5) is 5.69 Å². The first-order valence-corrected chi connectivity index (χ1v) is 9.51. The summed E-state index contributed by atoms with van der Waals surface area (Å²) in [5.74, 6) is 2.46. The number of Topliss-reactive ketones (excluding diaryl/α,β-unsaturated/α-hetero) is 1. The minimum atomic E-state index is 0.314. The molecule has 0 spiro atoms. The lowest BCUT2D eigenvalue weighted by Gasteiger charge is -2.22. The Labute approximate surface area is 153 Å². The summed E-state index contributed by atoms with van der Waals surface area (Å²) in [7, 11) is 2.03. The Morgan fingerprint density at radius 2 is 1.96 bits per heavy atom. The van der Waals surface area contributed by atoms with Gasteiger partial charge in [-0.3, -0.25) is 4.79 Å². The first-order valence-electron chi connectivity index (χ1n) is 8.44.